The SMILES string of the molecule is COc1ccc(C(=O)Nc2ccn(Cc3cccc(F)c3)n2)cc1. The van der Waals surface area contributed by atoms with Crippen LogP contribution in [0.5, 0.6) is 5.75 Å². The largest absolute Gasteiger partial charge is 0.497 e. The van der Waals surface area contributed by atoms with Gasteiger partial charge in [0.05, 0.1) is 13.7 Å². The van der Waals surface area contributed by atoms with Gasteiger partial charge >= 0.3 is 0 Å². The van der Waals surface area contributed by atoms with Gasteiger partial charge in [-0.15, -0.1) is 0 Å². The number of amides is 1. The Labute approximate surface area is 138 Å². The van der Waals surface area contributed by atoms with Crippen molar-refractivity contribution in [1.29, 1.82) is 0 Å². The van der Waals surface area contributed by atoms with Crippen LogP contribution in [0.2, 0.25) is 0 Å². The number of rotatable bonds is 5. The van der Waals surface area contributed by atoms with Crippen LogP contribution < -0.4 is 10.1 Å². The summed E-state index contributed by atoms with van der Waals surface area (Å²) >= 11 is 0. The number of anilines is 1. The highest BCUT2D eigenvalue weighted by Crippen LogP contribution is 2.13. The number of benzene rings is 2. The zero-order valence-corrected chi connectivity index (χ0v) is 13.1. The second-order valence-corrected chi connectivity index (χ2v) is 5.21. The molecule has 2 aromatic carbocycles. The van der Waals surface area contributed by atoms with E-state index in [1.165, 1.54) is 12.1 Å². The number of carbonyl (C=O) groups excluding carboxylic acids is 1. The van der Waals surface area contributed by atoms with Crippen LogP contribution in [0.4, 0.5) is 10.2 Å². The molecule has 0 aliphatic rings. The van der Waals surface area contributed by atoms with Crippen LogP contribution in [-0.2, 0) is 6.54 Å². The van der Waals surface area contributed by atoms with Gasteiger partial charge < -0.3 is 10.1 Å². The molecule has 0 aliphatic heterocycles. The lowest BCUT2D eigenvalue weighted by Crippen LogP contribution is -2.12. The van der Waals surface area contributed by atoms with Crippen LogP contribution in [0.3, 0.4) is 0 Å². The molecule has 0 atom stereocenters. The molecule has 0 saturated carbocycles. The third-order valence-corrected chi connectivity index (χ3v) is 3.47. The summed E-state index contributed by atoms with van der Waals surface area (Å²) in [6, 6.07) is 14.8. The predicted octanol–water partition coefficient (Wildman–Crippen LogP) is 3.33. The minimum atomic E-state index is -0.285. The van der Waals surface area contributed by atoms with Crippen molar-refractivity contribution in [2.75, 3.05) is 12.4 Å². The summed E-state index contributed by atoms with van der Waals surface area (Å²) in [6.45, 7) is 0.427. The van der Waals surface area contributed by atoms with Crippen LogP contribution in [0.25, 0.3) is 0 Å². The Hall–Kier alpha value is -3.15. The zero-order valence-electron chi connectivity index (χ0n) is 13.1. The van der Waals surface area contributed by atoms with E-state index in [1.807, 2.05) is 6.07 Å². The Kier molecular flexibility index (Phi) is 4.56. The van der Waals surface area contributed by atoms with Gasteiger partial charge in [0, 0.05) is 17.8 Å². The van der Waals surface area contributed by atoms with Crippen molar-refractivity contribution < 1.29 is 13.9 Å². The second-order valence-electron chi connectivity index (χ2n) is 5.21. The monoisotopic (exact) mass is 325 g/mol. The molecule has 0 radical (unpaired) electrons. The summed E-state index contributed by atoms with van der Waals surface area (Å²) in [6.07, 6.45) is 1.73. The van der Waals surface area contributed by atoms with Crippen molar-refractivity contribution in [1.82, 2.24) is 9.78 Å². The molecule has 6 heteroatoms. The van der Waals surface area contributed by atoms with Crippen LogP contribution in [-0.4, -0.2) is 22.8 Å². The van der Waals surface area contributed by atoms with E-state index < -0.39 is 0 Å². The average Bonchev–Trinajstić information content (AvgIpc) is 3.02. The Morgan fingerprint density at radius 1 is 1.21 bits per heavy atom. The van der Waals surface area contributed by atoms with E-state index in [2.05, 4.69) is 10.4 Å². The topological polar surface area (TPSA) is 56.1 Å². The van der Waals surface area contributed by atoms with E-state index in [9.17, 15) is 9.18 Å². The third kappa shape index (κ3) is 3.78. The molecule has 1 N–H and O–H groups in total. The average molecular weight is 325 g/mol. The normalized spacial score (nSPS) is 10.4. The molecule has 3 aromatic rings. The highest BCUT2D eigenvalue weighted by molar-refractivity contribution is 6.03. The van der Waals surface area contributed by atoms with Crippen molar-refractivity contribution in [3.8, 4) is 5.75 Å². The van der Waals surface area contributed by atoms with Crippen LogP contribution in [0.1, 0.15) is 15.9 Å². The molecule has 0 unspecified atom stereocenters. The zero-order chi connectivity index (χ0) is 16.9. The number of hydrogen-bond donors (Lipinski definition) is 1. The first-order valence-corrected chi connectivity index (χ1v) is 7.37. The Balaban J connectivity index is 1.65. The quantitative estimate of drug-likeness (QED) is 0.783. The summed E-state index contributed by atoms with van der Waals surface area (Å²) in [5.74, 6) is 0.583. The Morgan fingerprint density at radius 2 is 2.00 bits per heavy atom. The molecule has 24 heavy (non-hydrogen) atoms. The third-order valence-electron chi connectivity index (χ3n) is 3.47. The summed E-state index contributed by atoms with van der Waals surface area (Å²) in [5, 5.41) is 7.00. The van der Waals surface area contributed by atoms with Gasteiger partial charge in [-0.25, -0.2) is 4.39 Å². The number of carbonyl (C=O) groups is 1. The van der Waals surface area contributed by atoms with Crippen molar-refractivity contribution >= 4 is 11.7 Å². The first-order chi connectivity index (χ1) is 11.6. The van der Waals surface area contributed by atoms with Crippen molar-refractivity contribution in [2.45, 2.75) is 6.54 Å². The molecule has 0 aliphatic carbocycles. The van der Waals surface area contributed by atoms with E-state index in [-0.39, 0.29) is 11.7 Å². The first-order valence-electron chi connectivity index (χ1n) is 7.37. The van der Waals surface area contributed by atoms with Gasteiger partial charge in [0.1, 0.15) is 11.6 Å². The van der Waals surface area contributed by atoms with E-state index in [4.69, 9.17) is 4.74 Å². The van der Waals surface area contributed by atoms with Crippen LogP contribution in [0.15, 0.2) is 60.8 Å². The van der Waals surface area contributed by atoms with E-state index in [0.717, 1.165) is 5.56 Å². The summed E-state index contributed by atoms with van der Waals surface area (Å²) < 4.78 is 19.9. The molecular weight excluding hydrogens is 309 g/mol. The minimum Gasteiger partial charge on any atom is -0.497 e. The van der Waals surface area contributed by atoms with Crippen molar-refractivity contribution in [3.63, 3.8) is 0 Å². The summed E-state index contributed by atoms with van der Waals surface area (Å²) in [7, 11) is 1.57. The van der Waals surface area contributed by atoms with Gasteiger partial charge in [0.25, 0.3) is 5.91 Å². The molecular formula is C18H16FN3O2. The van der Waals surface area contributed by atoms with Gasteiger partial charge in [-0.05, 0) is 42.0 Å². The highest BCUT2D eigenvalue weighted by Gasteiger charge is 2.08. The number of aromatic nitrogens is 2. The van der Waals surface area contributed by atoms with Gasteiger partial charge in [-0.1, -0.05) is 12.1 Å². The predicted molar refractivity (Wildman–Crippen MR) is 88.7 cm³/mol. The van der Waals surface area contributed by atoms with Crippen molar-refractivity contribution in [3.05, 3.63) is 77.7 Å². The van der Waals surface area contributed by atoms with Crippen molar-refractivity contribution in [2.24, 2.45) is 0 Å². The lowest BCUT2D eigenvalue weighted by atomic mass is 10.2. The maximum atomic E-state index is 13.2. The Bertz CT molecular complexity index is 843. The van der Waals surface area contributed by atoms with Gasteiger partial charge in [0.15, 0.2) is 5.82 Å². The number of halogens is 1. The van der Waals surface area contributed by atoms with E-state index in [0.29, 0.717) is 23.7 Å². The lowest BCUT2D eigenvalue weighted by Gasteiger charge is -2.04. The standard InChI is InChI=1S/C18H16FN3O2/c1-24-16-7-5-14(6-8-16)18(23)20-17-9-10-22(21-17)12-13-3-2-4-15(19)11-13/h2-11H,12H2,1H3,(H,20,21,23). The molecule has 5 nitrogen and oxygen atoms in total. The molecule has 1 amide bonds. The van der Waals surface area contributed by atoms with Crippen LogP contribution >= 0.6 is 0 Å². The maximum Gasteiger partial charge on any atom is 0.256 e. The fraction of sp³-hybridized carbons (Fsp3) is 0.111. The Morgan fingerprint density at radius 3 is 2.71 bits per heavy atom. The number of hydrogen-bond acceptors (Lipinski definition) is 3. The summed E-state index contributed by atoms with van der Waals surface area (Å²) in [4.78, 5) is 12.2. The molecule has 122 valence electrons. The fourth-order valence-electron chi connectivity index (χ4n) is 2.27. The molecule has 1 heterocycles. The molecule has 0 bridgehead atoms. The second kappa shape index (κ2) is 6.95. The molecule has 3 rings (SSSR count). The smallest absolute Gasteiger partial charge is 0.256 e. The first kappa shape index (κ1) is 15.7. The maximum absolute atomic E-state index is 13.2. The molecule has 0 spiro atoms. The molecule has 1 aromatic heterocycles. The van der Waals surface area contributed by atoms with E-state index in [1.54, 1.807) is 54.4 Å². The number of nitrogens with zero attached hydrogens (tertiary/aromatic N) is 2. The van der Waals surface area contributed by atoms with Gasteiger partial charge in [0.2, 0.25) is 0 Å². The van der Waals surface area contributed by atoms with Gasteiger partial charge in [-0.3, -0.25) is 9.48 Å². The number of ether oxygens (including phenoxy) is 1. The minimum absolute atomic E-state index is 0.256. The fourth-order valence-corrected chi connectivity index (χ4v) is 2.27. The molecule has 0 saturated heterocycles. The number of methoxy groups -OCH3 is 1. The van der Waals surface area contributed by atoms with Crippen LogP contribution in [0, 0.1) is 5.82 Å². The highest BCUT2D eigenvalue weighted by atomic mass is 19.1. The van der Waals surface area contributed by atoms with Gasteiger partial charge in [-0.2, -0.15) is 5.10 Å². The lowest BCUT2D eigenvalue weighted by molar-refractivity contribution is 0.102. The number of nitrogens with one attached hydrogen (secondary N) is 1. The molecule has 0 fully saturated rings. The summed E-state index contributed by atoms with van der Waals surface area (Å²) in [5.41, 5.74) is 1.31. The van der Waals surface area contributed by atoms with E-state index >= 15 is 0 Å².